The van der Waals surface area contributed by atoms with E-state index in [1.807, 2.05) is 19.1 Å². The molecule has 3 aromatic heterocycles. The first kappa shape index (κ1) is 26.0. The summed E-state index contributed by atoms with van der Waals surface area (Å²) < 4.78 is 11.3. The van der Waals surface area contributed by atoms with Crippen molar-refractivity contribution in [3.8, 4) is 40.6 Å². The van der Waals surface area contributed by atoms with E-state index >= 15 is 0 Å². The number of nitrogens with zero attached hydrogens (tertiary/aromatic N) is 5. The Bertz CT molecular complexity index is 1490. The highest BCUT2D eigenvalue weighted by molar-refractivity contribution is 7.98. The number of oxazole rings is 1. The summed E-state index contributed by atoms with van der Waals surface area (Å²) >= 11 is 7.27. The van der Waals surface area contributed by atoms with Crippen molar-refractivity contribution in [2.45, 2.75) is 24.1 Å². The minimum Gasteiger partial charge on any atom is -0.475 e. The Balaban J connectivity index is 1.68. The molecule has 0 amide bonds. The van der Waals surface area contributed by atoms with Crippen LogP contribution in [0, 0.1) is 22.7 Å². The van der Waals surface area contributed by atoms with Gasteiger partial charge in [-0.05, 0) is 30.3 Å². The van der Waals surface area contributed by atoms with Crippen molar-refractivity contribution in [2.24, 2.45) is 0 Å². The first-order valence-corrected chi connectivity index (χ1v) is 12.6. The van der Waals surface area contributed by atoms with Crippen LogP contribution in [0.5, 0.6) is 5.88 Å². The number of aromatic nitrogens is 3. The van der Waals surface area contributed by atoms with Gasteiger partial charge in [0.2, 0.25) is 11.8 Å². The molecule has 0 aliphatic carbocycles. The maximum Gasteiger partial charge on any atom is 0.226 e. The van der Waals surface area contributed by atoms with Crippen LogP contribution < -0.4 is 10.5 Å². The third-order valence-corrected chi connectivity index (χ3v) is 6.56. The van der Waals surface area contributed by atoms with E-state index in [4.69, 9.17) is 31.6 Å². The van der Waals surface area contributed by atoms with Crippen LogP contribution >= 0.6 is 23.4 Å². The highest BCUT2D eigenvalue weighted by atomic mass is 35.5. The molecule has 1 aromatic carbocycles. The van der Waals surface area contributed by atoms with Gasteiger partial charge in [0.25, 0.3) is 0 Å². The number of ether oxygens (including phenoxy) is 1. The Labute approximate surface area is 222 Å². The van der Waals surface area contributed by atoms with Crippen molar-refractivity contribution in [1.82, 2.24) is 15.0 Å². The Morgan fingerprint density at radius 3 is 2.43 bits per heavy atom. The fourth-order valence-corrected chi connectivity index (χ4v) is 4.66. The second-order valence-electron chi connectivity index (χ2n) is 7.65. The van der Waals surface area contributed by atoms with Crippen molar-refractivity contribution in [2.75, 3.05) is 18.9 Å². The van der Waals surface area contributed by atoms with Gasteiger partial charge in [0.05, 0.1) is 17.9 Å². The molecule has 37 heavy (non-hydrogen) atoms. The van der Waals surface area contributed by atoms with Crippen LogP contribution in [-0.2, 0) is 12.2 Å². The van der Waals surface area contributed by atoms with Gasteiger partial charge in [0.1, 0.15) is 40.9 Å². The lowest BCUT2D eigenvalue weighted by molar-refractivity contribution is 0.196. The molecule has 0 unspecified atom stereocenters. The summed E-state index contributed by atoms with van der Waals surface area (Å²) in [6, 6.07) is 14.7. The molecule has 0 saturated carbocycles. The third kappa shape index (κ3) is 5.68. The normalized spacial score (nSPS) is 10.6. The van der Waals surface area contributed by atoms with Crippen molar-refractivity contribution in [3.63, 3.8) is 0 Å². The number of rotatable bonds is 9. The van der Waals surface area contributed by atoms with Gasteiger partial charge in [-0.1, -0.05) is 30.3 Å². The smallest absolute Gasteiger partial charge is 0.226 e. The first-order valence-electron chi connectivity index (χ1n) is 11.2. The van der Waals surface area contributed by atoms with Crippen molar-refractivity contribution in [3.05, 3.63) is 70.2 Å². The zero-order chi connectivity index (χ0) is 26.4. The summed E-state index contributed by atoms with van der Waals surface area (Å²) in [5, 5.41) is 29.7. The summed E-state index contributed by atoms with van der Waals surface area (Å²) in [4.78, 5) is 13.2. The predicted octanol–water partition coefficient (Wildman–Crippen LogP) is 5.00. The number of aliphatic hydroxyl groups is 1. The van der Waals surface area contributed by atoms with Gasteiger partial charge < -0.3 is 20.0 Å². The second kappa shape index (κ2) is 11.8. The number of aryl methyl sites for hydroxylation is 1. The SMILES string of the molecule is CCc1oc(-c2ccc(Cl)cc2)nc1CSc1nc(N)c(C#N)c(-c2ccc(OCCO)nc2)c1C#N. The lowest BCUT2D eigenvalue weighted by Gasteiger charge is -2.13. The maximum atomic E-state index is 10.0. The van der Waals surface area contributed by atoms with Gasteiger partial charge >= 0.3 is 0 Å². The molecule has 0 fully saturated rings. The molecule has 11 heteroatoms. The molecule has 0 bridgehead atoms. The van der Waals surface area contributed by atoms with Crippen LogP contribution in [-0.4, -0.2) is 33.3 Å². The average Bonchev–Trinajstić information content (AvgIpc) is 3.34. The molecule has 0 radical (unpaired) electrons. The molecule has 4 aromatic rings. The van der Waals surface area contributed by atoms with E-state index < -0.39 is 0 Å². The first-order chi connectivity index (χ1) is 18.0. The van der Waals surface area contributed by atoms with Gasteiger partial charge in [-0.2, -0.15) is 10.5 Å². The van der Waals surface area contributed by atoms with Crippen molar-refractivity contribution < 1.29 is 14.3 Å². The van der Waals surface area contributed by atoms with Crippen LogP contribution in [0.1, 0.15) is 29.5 Å². The predicted molar refractivity (Wildman–Crippen MR) is 140 cm³/mol. The van der Waals surface area contributed by atoms with Gasteiger partial charge in [0.15, 0.2) is 0 Å². The quantitative estimate of drug-likeness (QED) is 0.281. The zero-order valence-electron chi connectivity index (χ0n) is 19.7. The second-order valence-corrected chi connectivity index (χ2v) is 9.05. The number of hydrogen-bond donors (Lipinski definition) is 2. The van der Waals surface area contributed by atoms with Gasteiger partial charge in [-0.3, -0.25) is 0 Å². The number of hydrogen-bond acceptors (Lipinski definition) is 10. The molecule has 0 aliphatic rings. The third-order valence-electron chi connectivity index (χ3n) is 5.32. The number of thioether (sulfide) groups is 1. The minimum atomic E-state index is -0.144. The van der Waals surface area contributed by atoms with E-state index in [9.17, 15) is 10.5 Å². The van der Waals surface area contributed by atoms with Crippen molar-refractivity contribution >= 4 is 29.2 Å². The van der Waals surface area contributed by atoms with Gasteiger partial charge in [-0.25, -0.2) is 15.0 Å². The van der Waals surface area contributed by atoms with E-state index in [0.717, 1.165) is 17.0 Å². The van der Waals surface area contributed by atoms with Gasteiger partial charge in [0, 0.05) is 46.1 Å². The lowest BCUT2D eigenvalue weighted by atomic mass is 9.98. The highest BCUT2D eigenvalue weighted by Gasteiger charge is 2.22. The zero-order valence-corrected chi connectivity index (χ0v) is 21.3. The molecule has 186 valence electrons. The molecule has 0 saturated heterocycles. The van der Waals surface area contributed by atoms with E-state index in [1.165, 1.54) is 18.0 Å². The summed E-state index contributed by atoms with van der Waals surface area (Å²) in [5.74, 6) is 1.89. The van der Waals surface area contributed by atoms with E-state index in [0.29, 0.717) is 45.1 Å². The number of nitrogens with two attached hydrogens (primary N) is 1. The molecule has 0 aliphatic heterocycles. The van der Waals surface area contributed by atoms with Gasteiger partial charge in [-0.15, -0.1) is 0 Å². The fourth-order valence-electron chi connectivity index (χ4n) is 3.58. The fraction of sp³-hybridized carbons (Fsp3) is 0.192. The minimum absolute atomic E-state index is 0.0114. The Hall–Kier alpha value is -4.09. The Kier molecular flexibility index (Phi) is 8.26. The van der Waals surface area contributed by atoms with Crippen LogP contribution in [0.25, 0.3) is 22.6 Å². The van der Waals surface area contributed by atoms with E-state index in [-0.39, 0.29) is 30.2 Å². The van der Waals surface area contributed by atoms with Crippen LogP contribution in [0.2, 0.25) is 5.02 Å². The monoisotopic (exact) mass is 532 g/mol. The number of anilines is 1. The van der Waals surface area contributed by atoms with Crippen LogP contribution in [0.4, 0.5) is 5.82 Å². The largest absolute Gasteiger partial charge is 0.475 e. The Morgan fingerprint density at radius 1 is 1.08 bits per heavy atom. The molecule has 0 atom stereocenters. The summed E-state index contributed by atoms with van der Waals surface area (Å²) in [6.07, 6.45) is 2.12. The number of aliphatic hydroxyl groups excluding tert-OH is 1. The van der Waals surface area contributed by atoms with Crippen LogP contribution in [0.15, 0.2) is 52.0 Å². The Morgan fingerprint density at radius 2 is 1.81 bits per heavy atom. The van der Waals surface area contributed by atoms with E-state index in [1.54, 1.807) is 24.3 Å². The number of nitrogen functional groups attached to an aromatic ring is 1. The summed E-state index contributed by atoms with van der Waals surface area (Å²) in [7, 11) is 0. The van der Waals surface area contributed by atoms with Crippen molar-refractivity contribution in [1.29, 1.82) is 10.5 Å². The number of nitriles is 2. The number of benzene rings is 1. The molecular weight excluding hydrogens is 512 g/mol. The summed E-state index contributed by atoms with van der Waals surface area (Å²) in [5.41, 5.74) is 8.82. The molecule has 0 spiro atoms. The standard InChI is InChI=1S/C26H21ClN6O3S/c1-2-21-20(32-25(36-21)15-3-6-17(27)7-4-15)14-37-26-19(12-29)23(18(11-28)24(30)33-26)16-5-8-22(31-13-16)35-10-9-34/h3-8,13,34H,2,9-10,14H2,1H3,(H2,30,33). The molecule has 3 N–H and O–H groups in total. The number of pyridine rings is 2. The average molecular weight is 533 g/mol. The van der Waals surface area contributed by atoms with Crippen LogP contribution in [0.3, 0.4) is 0 Å². The molecule has 3 heterocycles. The highest BCUT2D eigenvalue weighted by Crippen LogP contribution is 2.37. The maximum absolute atomic E-state index is 10.0. The lowest BCUT2D eigenvalue weighted by Crippen LogP contribution is -2.05. The molecule has 4 rings (SSSR count). The molecule has 9 nitrogen and oxygen atoms in total. The number of halogens is 1. The topological polar surface area (TPSA) is 155 Å². The molecular formula is C26H21ClN6O3S. The summed E-state index contributed by atoms with van der Waals surface area (Å²) in [6.45, 7) is 1.93. The van der Waals surface area contributed by atoms with E-state index in [2.05, 4.69) is 27.1 Å².